The van der Waals surface area contributed by atoms with Crippen molar-refractivity contribution >= 4 is 34.9 Å². The van der Waals surface area contributed by atoms with E-state index in [1.807, 2.05) is 0 Å². The first-order chi connectivity index (χ1) is 13.4. The Kier molecular flexibility index (Phi) is 5.26. The number of hydrogen-bond donors (Lipinski definition) is 2. The average Bonchev–Trinajstić information content (AvgIpc) is 3.50. The number of ketones is 1. The number of hydrogen-bond acceptors (Lipinski definition) is 5. The summed E-state index contributed by atoms with van der Waals surface area (Å²) in [6, 6.07) is 12.8. The number of Topliss-reactive ketones (excluding diaryl/α,β-unsaturated/α-hetero) is 1. The topological polar surface area (TPSA) is 102 Å². The number of amides is 2. The number of rotatable bonds is 6. The highest BCUT2D eigenvalue weighted by molar-refractivity contribution is 6.17. The van der Waals surface area contributed by atoms with E-state index >= 15 is 0 Å². The van der Waals surface area contributed by atoms with Crippen molar-refractivity contribution < 1.29 is 23.9 Å². The zero-order valence-corrected chi connectivity index (χ0v) is 15.6. The van der Waals surface area contributed by atoms with Crippen molar-refractivity contribution in [1.29, 1.82) is 0 Å². The lowest BCUT2D eigenvalue weighted by Crippen LogP contribution is -2.35. The Bertz CT molecular complexity index is 946. The molecule has 2 aromatic rings. The molecule has 0 aliphatic heterocycles. The third-order valence-electron chi connectivity index (χ3n) is 4.71. The fraction of sp³-hybridized carbons (Fsp3) is 0.238. The van der Waals surface area contributed by atoms with Crippen molar-refractivity contribution in [3.05, 3.63) is 59.7 Å². The lowest BCUT2D eigenvalue weighted by Gasteiger charge is -2.16. The van der Waals surface area contributed by atoms with Crippen LogP contribution < -0.4 is 10.6 Å². The minimum atomic E-state index is -1.14. The molecule has 0 atom stereocenters. The van der Waals surface area contributed by atoms with E-state index in [4.69, 9.17) is 0 Å². The summed E-state index contributed by atoms with van der Waals surface area (Å²) in [5, 5.41) is 5.43. The second-order valence-corrected chi connectivity index (χ2v) is 6.70. The molecular formula is C21H20N2O5. The van der Waals surface area contributed by atoms with Gasteiger partial charge in [-0.25, -0.2) is 4.79 Å². The van der Waals surface area contributed by atoms with Crippen LogP contribution in [0.2, 0.25) is 0 Å². The number of esters is 1. The number of ether oxygens (including phenoxy) is 1. The van der Waals surface area contributed by atoms with Gasteiger partial charge in [0, 0.05) is 16.9 Å². The van der Waals surface area contributed by atoms with E-state index in [-0.39, 0.29) is 5.78 Å². The molecule has 144 valence electrons. The summed E-state index contributed by atoms with van der Waals surface area (Å²) in [4.78, 5) is 48.3. The Labute approximate surface area is 162 Å². The van der Waals surface area contributed by atoms with Crippen molar-refractivity contribution in [2.45, 2.75) is 19.8 Å². The minimum Gasteiger partial charge on any atom is -0.465 e. The van der Waals surface area contributed by atoms with Crippen LogP contribution in [-0.2, 0) is 14.3 Å². The van der Waals surface area contributed by atoms with E-state index in [0.717, 1.165) is 0 Å². The van der Waals surface area contributed by atoms with Gasteiger partial charge in [0.2, 0.25) is 11.8 Å². The van der Waals surface area contributed by atoms with Crippen LogP contribution in [0.1, 0.15) is 40.5 Å². The van der Waals surface area contributed by atoms with Crippen molar-refractivity contribution in [3.63, 3.8) is 0 Å². The zero-order valence-electron chi connectivity index (χ0n) is 15.6. The molecule has 0 bridgehead atoms. The van der Waals surface area contributed by atoms with Crippen LogP contribution in [0.5, 0.6) is 0 Å². The van der Waals surface area contributed by atoms with Crippen LogP contribution in [0.25, 0.3) is 0 Å². The van der Waals surface area contributed by atoms with Crippen molar-refractivity contribution in [3.8, 4) is 0 Å². The first-order valence-corrected chi connectivity index (χ1v) is 8.78. The fourth-order valence-electron chi connectivity index (χ4n) is 2.81. The maximum absolute atomic E-state index is 12.7. The summed E-state index contributed by atoms with van der Waals surface area (Å²) < 4.78 is 4.67. The molecule has 1 saturated carbocycles. The summed E-state index contributed by atoms with van der Waals surface area (Å²) in [5.41, 5.74) is 0.641. The molecular weight excluding hydrogens is 360 g/mol. The largest absolute Gasteiger partial charge is 0.465 e. The smallest absolute Gasteiger partial charge is 0.337 e. The molecule has 3 rings (SSSR count). The number of carbonyl (C=O) groups is 4. The van der Waals surface area contributed by atoms with Crippen LogP contribution in [0, 0.1) is 5.41 Å². The van der Waals surface area contributed by atoms with Crippen LogP contribution in [0.3, 0.4) is 0 Å². The highest BCUT2D eigenvalue weighted by Gasteiger charge is 2.56. The molecule has 0 unspecified atom stereocenters. The van der Waals surface area contributed by atoms with Gasteiger partial charge in [0.05, 0.1) is 12.7 Å². The third kappa shape index (κ3) is 3.93. The van der Waals surface area contributed by atoms with Crippen molar-refractivity contribution in [2.24, 2.45) is 5.41 Å². The zero-order chi connectivity index (χ0) is 20.3. The lowest BCUT2D eigenvalue weighted by atomic mass is 10.0. The molecule has 2 aromatic carbocycles. The number of nitrogens with one attached hydrogen (secondary N) is 2. The van der Waals surface area contributed by atoms with E-state index in [1.165, 1.54) is 20.1 Å². The molecule has 0 saturated heterocycles. The molecule has 0 radical (unpaired) electrons. The van der Waals surface area contributed by atoms with E-state index in [2.05, 4.69) is 15.4 Å². The summed E-state index contributed by atoms with van der Waals surface area (Å²) in [6.45, 7) is 1.46. The molecule has 0 heterocycles. The van der Waals surface area contributed by atoms with Gasteiger partial charge in [-0.05, 0) is 62.2 Å². The number of methoxy groups -OCH3 is 1. The van der Waals surface area contributed by atoms with Crippen LogP contribution in [0.15, 0.2) is 48.5 Å². The standard InChI is InChI=1S/C21H20N2O5/c1-13(24)14-6-8-16(9-7-14)22-19(26)21(10-11-21)20(27)23-17-5-3-4-15(12-17)18(25)28-2/h3-9,12H,10-11H2,1-2H3,(H,22,26)(H,23,27). The Morgan fingerprint density at radius 2 is 1.46 bits per heavy atom. The van der Waals surface area contributed by atoms with Crippen LogP contribution >= 0.6 is 0 Å². The van der Waals surface area contributed by atoms with Gasteiger partial charge in [0.25, 0.3) is 0 Å². The number of anilines is 2. The third-order valence-corrected chi connectivity index (χ3v) is 4.71. The Morgan fingerprint density at radius 3 is 2.00 bits per heavy atom. The Morgan fingerprint density at radius 1 is 0.857 bits per heavy atom. The average molecular weight is 380 g/mol. The van der Waals surface area contributed by atoms with Gasteiger partial charge in [-0.1, -0.05) is 6.07 Å². The second kappa shape index (κ2) is 7.64. The maximum atomic E-state index is 12.7. The predicted molar refractivity (Wildman–Crippen MR) is 103 cm³/mol. The minimum absolute atomic E-state index is 0.0647. The summed E-state index contributed by atoms with van der Waals surface area (Å²) in [7, 11) is 1.28. The molecule has 1 fully saturated rings. The van der Waals surface area contributed by atoms with Crippen LogP contribution in [-0.4, -0.2) is 30.7 Å². The van der Waals surface area contributed by atoms with E-state index < -0.39 is 23.2 Å². The molecule has 0 aromatic heterocycles. The molecule has 0 spiro atoms. The van der Waals surface area contributed by atoms with Gasteiger partial charge < -0.3 is 15.4 Å². The Hall–Kier alpha value is -3.48. The van der Waals surface area contributed by atoms with E-state index in [9.17, 15) is 19.2 Å². The monoisotopic (exact) mass is 380 g/mol. The molecule has 2 N–H and O–H groups in total. The van der Waals surface area contributed by atoms with Gasteiger partial charge in [-0.3, -0.25) is 14.4 Å². The van der Waals surface area contributed by atoms with E-state index in [1.54, 1.807) is 42.5 Å². The lowest BCUT2D eigenvalue weighted by molar-refractivity contribution is -0.131. The highest BCUT2D eigenvalue weighted by Crippen LogP contribution is 2.47. The molecule has 1 aliphatic carbocycles. The fourth-order valence-corrected chi connectivity index (χ4v) is 2.81. The quantitative estimate of drug-likeness (QED) is 0.456. The SMILES string of the molecule is COC(=O)c1cccc(NC(=O)C2(C(=O)Nc3ccc(C(C)=O)cc3)CC2)c1. The second-order valence-electron chi connectivity index (χ2n) is 6.70. The van der Waals surface area contributed by atoms with Crippen molar-refractivity contribution in [1.82, 2.24) is 0 Å². The first kappa shape index (κ1) is 19.3. The van der Waals surface area contributed by atoms with Gasteiger partial charge >= 0.3 is 5.97 Å². The molecule has 1 aliphatic rings. The number of carbonyl (C=O) groups excluding carboxylic acids is 4. The summed E-state index contributed by atoms with van der Waals surface area (Å²) >= 11 is 0. The Balaban J connectivity index is 1.68. The first-order valence-electron chi connectivity index (χ1n) is 8.78. The van der Waals surface area contributed by atoms with Gasteiger partial charge in [-0.2, -0.15) is 0 Å². The molecule has 7 heteroatoms. The molecule has 2 amide bonds. The highest BCUT2D eigenvalue weighted by atomic mass is 16.5. The van der Waals surface area contributed by atoms with Crippen molar-refractivity contribution in [2.75, 3.05) is 17.7 Å². The van der Waals surface area contributed by atoms with Gasteiger partial charge in [0.1, 0.15) is 5.41 Å². The predicted octanol–water partition coefficient (Wildman–Crippen LogP) is 3.03. The van der Waals surface area contributed by atoms with Gasteiger partial charge in [0.15, 0.2) is 5.78 Å². The van der Waals surface area contributed by atoms with Crippen LogP contribution in [0.4, 0.5) is 11.4 Å². The van der Waals surface area contributed by atoms with Gasteiger partial charge in [-0.15, -0.1) is 0 Å². The number of benzene rings is 2. The summed E-state index contributed by atoms with van der Waals surface area (Å²) in [6.07, 6.45) is 0.875. The normalized spacial score (nSPS) is 13.9. The maximum Gasteiger partial charge on any atom is 0.337 e. The molecule has 7 nitrogen and oxygen atoms in total. The van der Waals surface area contributed by atoms with E-state index in [0.29, 0.717) is 35.3 Å². The summed E-state index contributed by atoms with van der Waals surface area (Å²) in [5.74, 6) is -1.40. The molecule has 28 heavy (non-hydrogen) atoms.